The molecule has 1 saturated heterocycles. The molecular formula is C24H35N5O2. The van der Waals surface area contributed by atoms with Gasteiger partial charge in [-0.1, -0.05) is 38.1 Å². The molecule has 1 aliphatic heterocycles. The Bertz CT molecular complexity index is 895. The molecule has 0 bridgehead atoms. The van der Waals surface area contributed by atoms with Crippen LogP contribution in [0.4, 0.5) is 0 Å². The van der Waals surface area contributed by atoms with Crippen molar-refractivity contribution in [2.75, 3.05) is 6.54 Å². The first-order valence-corrected chi connectivity index (χ1v) is 11.3. The zero-order chi connectivity index (χ0) is 22.6. The minimum atomic E-state index is -0.213. The maximum atomic E-state index is 13.2. The Hall–Kier alpha value is -2.70. The van der Waals surface area contributed by atoms with Crippen LogP contribution < -0.4 is 5.32 Å². The number of carbonyl (C=O) groups excluding carboxylic acids is 2. The number of rotatable bonds is 6. The Labute approximate surface area is 185 Å². The molecule has 31 heavy (non-hydrogen) atoms. The summed E-state index contributed by atoms with van der Waals surface area (Å²) in [6.07, 6.45) is 5.61. The number of aromatic nitrogens is 3. The summed E-state index contributed by atoms with van der Waals surface area (Å²) >= 11 is 0. The first-order chi connectivity index (χ1) is 14.6. The predicted octanol–water partition coefficient (Wildman–Crippen LogP) is 3.80. The molecule has 0 radical (unpaired) electrons. The third-order valence-electron chi connectivity index (χ3n) is 5.77. The lowest BCUT2D eigenvalue weighted by atomic mass is 9.86. The summed E-state index contributed by atoms with van der Waals surface area (Å²) in [7, 11) is 0. The number of likely N-dealkylation sites (tertiary alicyclic amines) is 1. The second-order valence-corrected chi connectivity index (χ2v) is 9.76. The third kappa shape index (κ3) is 5.93. The lowest BCUT2D eigenvalue weighted by Gasteiger charge is -2.36. The average molecular weight is 426 g/mol. The van der Waals surface area contributed by atoms with Gasteiger partial charge in [-0.15, -0.1) is 5.10 Å². The molecule has 7 heteroatoms. The topological polar surface area (TPSA) is 80.1 Å². The van der Waals surface area contributed by atoms with E-state index in [1.165, 1.54) is 5.56 Å². The Kier molecular flexibility index (Phi) is 7.13. The zero-order valence-corrected chi connectivity index (χ0v) is 19.4. The number of aryl methyl sites for hydroxylation is 1. The van der Waals surface area contributed by atoms with Gasteiger partial charge in [0.2, 0.25) is 0 Å². The van der Waals surface area contributed by atoms with Crippen LogP contribution in [-0.2, 0) is 12.0 Å². The van der Waals surface area contributed by atoms with Gasteiger partial charge in [0, 0.05) is 30.7 Å². The molecule has 1 aliphatic rings. The van der Waals surface area contributed by atoms with Crippen LogP contribution in [0.15, 0.2) is 30.5 Å². The molecule has 168 valence electrons. The Morgan fingerprint density at radius 1 is 1.16 bits per heavy atom. The van der Waals surface area contributed by atoms with Gasteiger partial charge in [-0.05, 0) is 62.6 Å². The SMILES string of the molecule is CC(C)NC(=O)c1cn(CC[C@H]2CCCCN2C(=O)c2ccc(C(C)(C)C)cc2)nn1. The number of nitrogens with zero attached hydrogens (tertiary/aromatic N) is 4. The van der Waals surface area contributed by atoms with Gasteiger partial charge >= 0.3 is 0 Å². The van der Waals surface area contributed by atoms with Gasteiger partial charge in [-0.25, -0.2) is 0 Å². The summed E-state index contributed by atoms with van der Waals surface area (Å²) in [4.78, 5) is 27.3. The summed E-state index contributed by atoms with van der Waals surface area (Å²) in [6.45, 7) is 11.7. The van der Waals surface area contributed by atoms with E-state index in [-0.39, 0.29) is 29.3 Å². The highest BCUT2D eigenvalue weighted by Crippen LogP contribution is 2.25. The van der Waals surface area contributed by atoms with Crippen molar-refractivity contribution in [1.82, 2.24) is 25.2 Å². The quantitative estimate of drug-likeness (QED) is 0.763. The largest absolute Gasteiger partial charge is 0.348 e. The van der Waals surface area contributed by atoms with E-state index in [2.05, 4.69) is 48.5 Å². The molecule has 0 unspecified atom stereocenters. The second kappa shape index (κ2) is 9.62. The fraction of sp³-hybridized carbons (Fsp3) is 0.583. The van der Waals surface area contributed by atoms with Crippen molar-refractivity contribution >= 4 is 11.8 Å². The monoisotopic (exact) mass is 425 g/mol. The normalized spacial score (nSPS) is 17.1. The van der Waals surface area contributed by atoms with Crippen LogP contribution in [-0.4, -0.2) is 50.3 Å². The maximum absolute atomic E-state index is 13.2. The van der Waals surface area contributed by atoms with Crippen molar-refractivity contribution in [3.8, 4) is 0 Å². The number of piperidine rings is 1. The first-order valence-electron chi connectivity index (χ1n) is 11.3. The van der Waals surface area contributed by atoms with Gasteiger partial charge in [0.25, 0.3) is 11.8 Å². The van der Waals surface area contributed by atoms with E-state index in [0.717, 1.165) is 37.8 Å². The molecular weight excluding hydrogens is 390 g/mol. The van der Waals surface area contributed by atoms with Crippen LogP contribution in [0.5, 0.6) is 0 Å². The van der Waals surface area contributed by atoms with E-state index in [1.807, 2.05) is 30.9 Å². The second-order valence-electron chi connectivity index (χ2n) is 9.76. The van der Waals surface area contributed by atoms with Gasteiger partial charge in [0.1, 0.15) is 0 Å². The van der Waals surface area contributed by atoms with Crippen LogP contribution in [0.25, 0.3) is 0 Å². The molecule has 0 aliphatic carbocycles. The average Bonchev–Trinajstić information content (AvgIpc) is 3.20. The first kappa shape index (κ1) is 23.0. The van der Waals surface area contributed by atoms with E-state index in [9.17, 15) is 9.59 Å². The minimum absolute atomic E-state index is 0.0527. The maximum Gasteiger partial charge on any atom is 0.273 e. The number of nitrogens with one attached hydrogen (secondary N) is 1. The van der Waals surface area contributed by atoms with Crippen molar-refractivity contribution < 1.29 is 9.59 Å². The van der Waals surface area contributed by atoms with Gasteiger partial charge < -0.3 is 10.2 Å². The molecule has 2 amide bonds. The molecule has 0 saturated carbocycles. The van der Waals surface area contributed by atoms with Crippen LogP contribution in [0.1, 0.15) is 86.7 Å². The van der Waals surface area contributed by atoms with Gasteiger partial charge in [0.15, 0.2) is 5.69 Å². The van der Waals surface area contributed by atoms with Crippen molar-refractivity contribution in [2.24, 2.45) is 0 Å². The van der Waals surface area contributed by atoms with Crippen LogP contribution in [0.2, 0.25) is 0 Å². The highest BCUT2D eigenvalue weighted by molar-refractivity contribution is 5.94. The van der Waals surface area contributed by atoms with Crippen molar-refractivity contribution in [1.29, 1.82) is 0 Å². The van der Waals surface area contributed by atoms with E-state index in [4.69, 9.17) is 0 Å². The fourth-order valence-electron chi connectivity index (χ4n) is 3.98. The van der Waals surface area contributed by atoms with Crippen LogP contribution in [0, 0.1) is 0 Å². The zero-order valence-electron chi connectivity index (χ0n) is 19.4. The number of benzene rings is 1. The molecule has 2 heterocycles. The molecule has 1 fully saturated rings. The van der Waals surface area contributed by atoms with E-state index < -0.39 is 0 Å². The van der Waals surface area contributed by atoms with Crippen molar-refractivity contribution in [3.05, 3.63) is 47.3 Å². The summed E-state index contributed by atoms with van der Waals surface area (Å²) in [6, 6.07) is 8.24. The molecule has 1 aromatic carbocycles. The molecule has 2 aromatic rings. The predicted molar refractivity (Wildman–Crippen MR) is 121 cm³/mol. The molecule has 1 atom stereocenters. The number of carbonyl (C=O) groups is 2. The minimum Gasteiger partial charge on any atom is -0.348 e. The fourth-order valence-corrected chi connectivity index (χ4v) is 3.98. The van der Waals surface area contributed by atoms with Gasteiger partial charge in [0.05, 0.1) is 6.20 Å². The van der Waals surface area contributed by atoms with E-state index in [1.54, 1.807) is 10.9 Å². The lowest BCUT2D eigenvalue weighted by molar-refractivity contribution is 0.0593. The van der Waals surface area contributed by atoms with E-state index in [0.29, 0.717) is 12.2 Å². The Balaban J connectivity index is 1.64. The third-order valence-corrected chi connectivity index (χ3v) is 5.77. The van der Waals surface area contributed by atoms with Crippen molar-refractivity contribution in [2.45, 2.75) is 84.3 Å². The molecule has 3 rings (SSSR count). The molecule has 1 N–H and O–H groups in total. The molecule has 1 aromatic heterocycles. The summed E-state index contributed by atoms with van der Waals surface area (Å²) in [5.74, 6) is -0.116. The van der Waals surface area contributed by atoms with Crippen LogP contribution >= 0.6 is 0 Å². The Morgan fingerprint density at radius 2 is 1.87 bits per heavy atom. The standard InChI is InChI=1S/C24H35N5O2/c1-17(2)25-22(30)21-16-28(27-26-21)15-13-20-8-6-7-14-29(20)23(31)18-9-11-19(12-10-18)24(3,4)5/h9-12,16-17,20H,6-8,13-15H2,1-5H3,(H,25,30)/t20-/m1/s1. The van der Waals surface area contributed by atoms with Gasteiger partial charge in [-0.2, -0.15) is 0 Å². The molecule has 7 nitrogen and oxygen atoms in total. The summed E-state index contributed by atoms with van der Waals surface area (Å²) in [5.41, 5.74) is 2.36. The van der Waals surface area contributed by atoms with E-state index >= 15 is 0 Å². The summed E-state index contributed by atoms with van der Waals surface area (Å²) < 4.78 is 1.70. The van der Waals surface area contributed by atoms with Crippen LogP contribution in [0.3, 0.4) is 0 Å². The smallest absolute Gasteiger partial charge is 0.273 e. The highest BCUT2D eigenvalue weighted by atomic mass is 16.2. The molecule has 0 spiro atoms. The van der Waals surface area contributed by atoms with Gasteiger partial charge in [-0.3, -0.25) is 14.3 Å². The summed E-state index contributed by atoms with van der Waals surface area (Å²) in [5, 5.41) is 10.9. The van der Waals surface area contributed by atoms with Crippen molar-refractivity contribution in [3.63, 3.8) is 0 Å². The number of amides is 2. The Morgan fingerprint density at radius 3 is 2.52 bits per heavy atom. The number of hydrogen-bond donors (Lipinski definition) is 1. The number of hydrogen-bond acceptors (Lipinski definition) is 4. The highest BCUT2D eigenvalue weighted by Gasteiger charge is 2.28. The lowest BCUT2D eigenvalue weighted by Crippen LogP contribution is -2.44.